The predicted octanol–water partition coefficient (Wildman–Crippen LogP) is 5.91. The van der Waals surface area contributed by atoms with Crippen LogP contribution < -0.4 is 10.1 Å². The summed E-state index contributed by atoms with van der Waals surface area (Å²) in [6.45, 7) is -2.48. The number of aliphatic imine (C=N–C) groups is 1. The molecule has 160 valence electrons. The minimum atomic E-state index is -2.91. The van der Waals surface area contributed by atoms with Crippen molar-refractivity contribution in [3.63, 3.8) is 0 Å². The maximum atomic E-state index is 13.1. The first kappa shape index (κ1) is 21.2. The van der Waals surface area contributed by atoms with Gasteiger partial charge in [0.15, 0.2) is 0 Å². The second kappa shape index (κ2) is 9.83. The van der Waals surface area contributed by atoms with Crippen LogP contribution in [0.15, 0.2) is 59.6 Å². The number of amides is 1. The lowest BCUT2D eigenvalue weighted by Crippen LogP contribution is -2.24. The predicted molar refractivity (Wildman–Crippen MR) is 119 cm³/mol. The van der Waals surface area contributed by atoms with Gasteiger partial charge in [-0.05, 0) is 48.9 Å². The second-order valence-electron chi connectivity index (χ2n) is 7.23. The number of thiophene rings is 1. The van der Waals surface area contributed by atoms with E-state index in [1.54, 1.807) is 18.2 Å². The quantitative estimate of drug-likeness (QED) is 0.465. The molecule has 0 aliphatic heterocycles. The molecule has 1 aliphatic rings. The van der Waals surface area contributed by atoms with Crippen molar-refractivity contribution in [3.8, 4) is 5.75 Å². The number of ether oxygens (including phenoxy) is 1. The number of rotatable bonds is 7. The van der Waals surface area contributed by atoms with E-state index >= 15 is 0 Å². The molecule has 1 N–H and O–H groups in total. The van der Waals surface area contributed by atoms with Gasteiger partial charge in [0, 0.05) is 23.2 Å². The highest BCUT2D eigenvalue weighted by Crippen LogP contribution is 2.40. The van der Waals surface area contributed by atoms with Crippen LogP contribution in [-0.4, -0.2) is 18.7 Å². The number of hydrogen-bond acceptors (Lipinski definition) is 4. The third-order valence-corrected chi connectivity index (χ3v) is 6.33. The van der Waals surface area contributed by atoms with E-state index in [0.29, 0.717) is 22.7 Å². The molecule has 4 nitrogen and oxygen atoms in total. The third kappa shape index (κ3) is 5.17. The molecule has 1 heterocycles. The number of aryl methyl sites for hydroxylation is 1. The van der Waals surface area contributed by atoms with Gasteiger partial charge in [0.1, 0.15) is 10.8 Å². The van der Waals surface area contributed by atoms with Crippen LogP contribution in [0.1, 0.15) is 44.8 Å². The first-order chi connectivity index (χ1) is 15.1. The van der Waals surface area contributed by atoms with E-state index in [1.807, 2.05) is 30.3 Å². The highest BCUT2D eigenvalue weighted by atomic mass is 32.1. The van der Waals surface area contributed by atoms with E-state index < -0.39 is 6.61 Å². The van der Waals surface area contributed by atoms with E-state index in [9.17, 15) is 13.6 Å². The molecule has 0 atom stereocenters. The van der Waals surface area contributed by atoms with E-state index in [4.69, 9.17) is 0 Å². The SMILES string of the molecule is O=C(NCc1ccccc1)c1c(N=Cc2ccccc2OC(F)F)sc2c1CCCC2. The Hall–Kier alpha value is -3.06. The summed E-state index contributed by atoms with van der Waals surface area (Å²) in [6, 6.07) is 16.2. The van der Waals surface area contributed by atoms with Crippen LogP contribution >= 0.6 is 11.3 Å². The summed E-state index contributed by atoms with van der Waals surface area (Å²) >= 11 is 1.50. The molecule has 2 aromatic carbocycles. The first-order valence-electron chi connectivity index (χ1n) is 10.2. The van der Waals surface area contributed by atoms with Gasteiger partial charge < -0.3 is 10.1 Å². The number of fused-ring (bicyclic) bond motifs is 1. The zero-order chi connectivity index (χ0) is 21.6. The average molecular weight is 441 g/mol. The fourth-order valence-electron chi connectivity index (χ4n) is 3.66. The van der Waals surface area contributed by atoms with Crippen molar-refractivity contribution in [2.75, 3.05) is 0 Å². The lowest BCUT2D eigenvalue weighted by molar-refractivity contribution is -0.0499. The lowest BCUT2D eigenvalue weighted by atomic mass is 9.95. The standard InChI is InChI=1S/C24H22F2N2O2S/c25-24(26)30-19-12-6-4-10-17(19)15-28-23-21(18-11-5-7-13-20(18)31-23)22(29)27-14-16-8-2-1-3-9-16/h1-4,6,8-10,12,15,24H,5,7,11,13-14H2,(H,27,29). The Morgan fingerprint density at radius 2 is 1.84 bits per heavy atom. The summed E-state index contributed by atoms with van der Waals surface area (Å²) in [7, 11) is 0. The number of nitrogens with one attached hydrogen (secondary N) is 1. The van der Waals surface area contributed by atoms with Crippen molar-refractivity contribution >= 4 is 28.5 Å². The first-order valence-corrected chi connectivity index (χ1v) is 11.0. The van der Waals surface area contributed by atoms with Gasteiger partial charge in [0.05, 0.1) is 5.56 Å². The van der Waals surface area contributed by atoms with Crippen LogP contribution in [0.25, 0.3) is 0 Å². The van der Waals surface area contributed by atoms with Crippen LogP contribution in [0.5, 0.6) is 5.75 Å². The molecule has 1 aromatic heterocycles. The molecule has 0 radical (unpaired) electrons. The minimum absolute atomic E-state index is 0.0534. The highest BCUT2D eigenvalue weighted by Gasteiger charge is 2.25. The number of halogens is 2. The van der Waals surface area contributed by atoms with Gasteiger partial charge in [-0.1, -0.05) is 42.5 Å². The fraction of sp³-hybridized carbons (Fsp3) is 0.250. The normalized spacial score (nSPS) is 13.4. The molecular formula is C24H22F2N2O2S. The zero-order valence-electron chi connectivity index (χ0n) is 16.8. The Balaban J connectivity index is 1.62. The second-order valence-corrected chi connectivity index (χ2v) is 8.32. The van der Waals surface area contributed by atoms with E-state index in [-0.39, 0.29) is 11.7 Å². The largest absolute Gasteiger partial charge is 0.434 e. The number of carbonyl (C=O) groups excluding carboxylic acids is 1. The Morgan fingerprint density at radius 3 is 2.65 bits per heavy atom. The molecule has 3 aromatic rings. The number of nitrogens with zero attached hydrogens (tertiary/aromatic N) is 1. The molecule has 0 unspecified atom stereocenters. The molecule has 1 aliphatic carbocycles. The summed E-state index contributed by atoms with van der Waals surface area (Å²) in [4.78, 5) is 18.8. The van der Waals surface area contributed by atoms with Crippen molar-refractivity contribution < 1.29 is 18.3 Å². The van der Waals surface area contributed by atoms with Gasteiger partial charge in [-0.15, -0.1) is 11.3 Å². The number of hydrogen-bond donors (Lipinski definition) is 1. The van der Waals surface area contributed by atoms with Crippen molar-refractivity contribution in [1.82, 2.24) is 5.32 Å². The fourth-order valence-corrected chi connectivity index (χ4v) is 4.89. The molecule has 7 heteroatoms. The van der Waals surface area contributed by atoms with Crippen molar-refractivity contribution in [2.45, 2.75) is 38.8 Å². The third-order valence-electron chi connectivity index (χ3n) is 5.13. The molecule has 0 bridgehead atoms. The van der Waals surface area contributed by atoms with Gasteiger partial charge in [0.2, 0.25) is 0 Å². The Bertz CT molecular complexity index is 1080. The van der Waals surface area contributed by atoms with Crippen LogP contribution in [-0.2, 0) is 19.4 Å². The van der Waals surface area contributed by atoms with Crippen molar-refractivity contribution in [3.05, 3.63) is 81.7 Å². The molecular weight excluding hydrogens is 418 g/mol. The smallest absolute Gasteiger partial charge is 0.387 e. The van der Waals surface area contributed by atoms with Crippen molar-refractivity contribution in [2.24, 2.45) is 4.99 Å². The Labute approximate surface area is 183 Å². The summed E-state index contributed by atoms with van der Waals surface area (Å²) in [5, 5.41) is 3.60. The number of benzene rings is 2. The maximum Gasteiger partial charge on any atom is 0.387 e. The molecule has 1 amide bonds. The summed E-state index contributed by atoms with van der Waals surface area (Å²) in [5.74, 6) is -0.106. The Kier molecular flexibility index (Phi) is 6.72. The molecule has 0 spiro atoms. The zero-order valence-corrected chi connectivity index (χ0v) is 17.6. The summed E-state index contributed by atoms with van der Waals surface area (Å²) in [5.41, 5.74) is 3.11. The van der Waals surface area contributed by atoms with Crippen LogP contribution in [0.2, 0.25) is 0 Å². The molecule has 0 fully saturated rings. The van der Waals surface area contributed by atoms with Crippen LogP contribution in [0, 0.1) is 0 Å². The average Bonchev–Trinajstić information content (AvgIpc) is 3.16. The number of para-hydroxylation sites is 1. The van der Waals surface area contributed by atoms with Gasteiger partial charge in [-0.25, -0.2) is 4.99 Å². The molecule has 0 saturated carbocycles. The van der Waals surface area contributed by atoms with E-state index in [1.165, 1.54) is 28.5 Å². The van der Waals surface area contributed by atoms with Gasteiger partial charge in [0.25, 0.3) is 5.91 Å². The van der Waals surface area contributed by atoms with Gasteiger partial charge in [-0.3, -0.25) is 4.79 Å². The Morgan fingerprint density at radius 1 is 1.10 bits per heavy atom. The monoisotopic (exact) mass is 440 g/mol. The number of carbonyl (C=O) groups is 1. The minimum Gasteiger partial charge on any atom is -0.434 e. The molecule has 0 saturated heterocycles. The van der Waals surface area contributed by atoms with E-state index in [2.05, 4.69) is 15.0 Å². The van der Waals surface area contributed by atoms with E-state index in [0.717, 1.165) is 36.8 Å². The van der Waals surface area contributed by atoms with Crippen LogP contribution in [0.3, 0.4) is 0 Å². The summed E-state index contributed by atoms with van der Waals surface area (Å²) < 4.78 is 30.0. The molecule has 31 heavy (non-hydrogen) atoms. The van der Waals surface area contributed by atoms with Gasteiger partial charge in [-0.2, -0.15) is 8.78 Å². The molecule has 4 rings (SSSR count). The highest BCUT2D eigenvalue weighted by molar-refractivity contribution is 7.16. The van der Waals surface area contributed by atoms with Crippen molar-refractivity contribution in [1.29, 1.82) is 0 Å². The number of alkyl halides is 2. The lowest BCUT2D eigenvalue weighted by Gasteiger charge is -2.13. The van der Waals surface area contributed by atoms with Gasteiger partial charge >= 0.3 is 6.61 Å². The maximum absolute atomic E-state index is 13.1. The van der Waals surface area contributed by atoms with Crippen LogP contribution in [0.4, 0.5) is 13.8 Å². The topological polar surface area (TPSA) is 50.7 Å². The summed E-state index contributed by atoms with van der Waals surface area (Å²) in [6.07, 6.45) is 5.40.